The molecule has 8 heteroatoms. The van der Waals surface area contributed by atoms with Gasteiger partial charge in [-0.05, 0) is 45.7 Å². The smallest absolute Gasteiger partial charge is 0.252 e. The third-order valence-corrected chi connectivity index (χ3v) is 4.57. The fourth-order valence-corrected chi connectivity index (χ4v) is 3.14. The number of piperidine rings is 1. The van der Waals surface area contributed by atoms with Crippen molar-refractivity contribution in [3.63, 3.8) is 0 Å². The highest BCUT2D eigenvalue weighted by Gasteiger charge is 2.24. The highest BCUT2D eigenvalue weighted by atomic mass is 35.5. The van der Waals surface area contributed by atoms with Crippen molar-refractivity contribution in [1.82, 2.24) is 25.4 Å². The van der Waals surface area contributed by atoms with Crippen molar-refractivity contribution < 1.29 is 4.79 Å². The Hall–Kier alpha value is -1.37. The Kier molecular flexibility index (Phi) is 7.65. The van der Waals surface area contributed by atoms with Crippen LogP contribution in [-0.4, -0.2) is 39.8 Å². The number of carbonyl (C=O) groups excluding carboxylic acids is 1. The third kappa shape index (κ3) is 4.43. The minimum atomic E-state index is -0.0376. The summed E-state index contributed by atoms with van der Waals surface area (Å²) in [4.78, 5) is 17.4. The van der Waals surface area contributed by atoms with Gasteiger partial charge in [0, 0.05) is 24.3 Å². The van der Waals surface area contributed by atoms with Crippen LogP contribution >= 0.6 is 24.8 Å². The molecule has 2 atom stereocenters. The normalized spacial score (nSPS) is 20.0. The van der Waals surface area contributed by atoms with Crippen molar-refractivity contribution in [2.24, 2.45) is 5.92 Å². The highest BCUT2D eigenvalue weighted by Crippen LogP contribution is 2.21. The SMILES string of the molecule is Cc1cc(C(=O)NC2CNCCC2C)c2cnn(C(C)C)c2n1.Cl.Cl. The number of hydrogen-bond acceptors (Lipinski definition) is 4. The molecule has 3 rings (SSSR count). The minimum absolute atomic E-state index is 0. The number of fused-ring (bicyclic) bond motifs is 1. The second-order valence-corrected chi connectivity index (χ2v) is 6.78. The highest BCUT2D eigenvalue weighted by molar-refractivity contribution is 6.05. The van der Waals surface area contributed by atoms with E-state index in [9.17, 15) is 4.79 Å². The monoisotopic (exact) mass is 387 g/mol. The average Bonchev–Trinajstić information content (AvgIpc) is 2.92. The second kappa shape index (κ2) is 8.83. The van der Waals surface area contributed by atoms with E-state index in [4.69, 9.17) is 0 Å². The number of pyridine rings is 1. The zero-order valence-electron chi connectivity index (χ0n) is 15.1. The van der Waals surface area contributed by atoms with E-state index in [1.165, 1.54) is 0 Å². The summed E-state index contributed by atoms with van der Waals surface area (Å²) in [6.45, 7) is 10.1. The molecule has 1 fully saturated rings. The fraction of sp³-hybridized carbons (Fsp3) is 0.588. The summed E-state index contributed by atoms with van der Waals surface area (Å²) in [5.41, 5.74) is 2.28. The molecule has 2 aromatic heterocycles. The number of aryl methyl sites for hydroxylation is 1. The fourth-order valence-electron chi connectivity index (χ4n) is 3.14. The van der Waals surface area contributed by atoms with E-state index in [2.05, 4.69) is 41.5 Å². The first-order chi connectivity index (χ1) is 11.0. The van der Waals surface area contributed by atoms with Crippen LogP contribution in [0.5, 0.6) is 0 Å². The summed E-state index contributed by atoms with van der Waals surface area (Å²) in [7, 11) is 0. The lowest BCUT2D eigenvalue weighted by molar-refractivity contribution is 0.0916. The Morgan fingerprint density at radius 2 is 2.12 bits per heavy atom. The molecular formula is C17H27Cl2N5O. The molecular weight excluding hydrogens is 361 g/mol. The molecule has 6 nitrogen and oxygen atoms in total. The van der Waals surface area contributed by atoms with Crippen LogP contribution < -0.4 is 10.6 Å². The minimum Gasteiger partial charge on any atom is -0.348 e. The van der Waals surface area contributed by atoms with Crippen LogP contribution in [0.2, 0.25) is 0 Å². The molecule has 0 aliphatic carbocycles. The zero-order chi connectivity index (χ0) is 16.6. The van der Waals surface area contributed by atoms with Crippen molar-refractivity contribution in [1.29, 1.82) is 0 Å². The van der Waals surface area contributed by atoms with Crippen molar-refractivity contribution in [3.8, 4) is 0 Å². The van der Waals surface area contributed by atoms with E-state index in [1.807, 2.05) is 17.7 Å². The largest absolute Gasteiger partial charge is 0.348 e. The lowest BCUT2D eigenvalue weighted by Crippen LogP contribution is -2.50. The van der Waals surface area contributed by atoms with Crippen LogP contribution in [0.3, 0.4) is 0 Å². The summed E-state index contributed by atoms with van der Waals surface area (Å²) in [5, 5.41) is 11.7. The Morgan fingerprint density at radius 1 is 1.40 bits per heavy atom. The quantitative estimate of drug-likeness (QED) is 0.848. The summed E-state index contributed by atoms with van der Waals surface area (Å²) >= 11 is 0. The lowest BCUT2D eigenvalue weighted by Gasteiger charge is -2.30. The number of aromatic nitrogens is 3. The van der Waals surface area contributed by atoms with Crippen LogP contribution in [0.15, 0.2) is 12.3 Å². The van der Waals surface area contributed by atoms with E-state index in [0.29, 0.717) is 11.5 Å². The summed E-state index contributed by atoms with van der Waals surface area (Å²) in [6, 6.07) is 2.23. The van der Waals surface area contributed by atoms with E-state index in [1.54, 1.807) is 6.20 Å². The Bertz CT molecular complexity index is 731. The van der Waals surface area contributed by atoms with Gasteiger partial charge in [0.1, 0.15) is 0 Å². The summed E-state index contributed by atoms with van der Waals surface area (Å²) < 4.78 is 1.86. The predicted octanol–water partition coefficient (Wildman–Crippen LogP) is 2.89. The van der Waals surface area contributed by atoms with Gasteiger partial charge in [-0.3, -0.25) is 4.79 Å². The molecule has 25 heavy (non-hydrogen) atoms. The van der Waals surface area contributed by atoms with Crippen LogP contribution in [0.1, 0.15) is 49.3 Å². The maximum absolute atomic E-state index is 12.8. The molecule has 0 saturated carbocycles. The number of carbonyl (C=O) groups is 1. The first kappa shape index (κ1) is 21.7. The van der Waals surface area contributed by atoms with Crippen LogP contribution in [0.4, 0.5) is 0 Å². The van der Waals surface area contributed by atoms with E-state index >= 15 is 0 Å². The summed E-state index contributed by atoms with van der Waals surface area (Å²) in [5.74, 6) is 0.446. The molecule has 1 aliphatic rings. The molecule has 1 aliphatic heterocycles. The summed E-state index contributed by atoms with van der Waals surface area (Å²) in [6.07, 6.45) is 2.83. The van der Waals surface area contributed by atoms with Gasteiger partial charge < -0.3 is 10.6 Å². The second-order valence-electron chi connectivity index (χ2n) is 6.78. The van der Waals surface area contributed by atoms with Gasteiger partial charge in [-0.15, -0.1) is 24.8 Å². The standard InChI is InChI=1S/C17H25N5O.2ClH/c1-10(2)22-16-14(8-19-22)13(7-12(4)20-16)17(23)21-15-9-18-6-5-11(15)3;;/h7-8,10-11,15,18H,5-6,9H2,1-4H3,(H,21,23);2*1H. The maximum atomic E-state index is 12.8. The van der Waals surface area contributed by atoms with Crippen LogP contribution in [0.25, 0.3) is 11.0 Å². The number of nitrogens with one attached hydrogen (secondary N) is 2. The first-order valence-electron chi connectivity index (χ1n) is 8.34. The van der Waals surface area contributed by atoms with Gasteiger partial charge in [0.15, 0.2) is 5.65 Å². The molecule has 140 valence electrons. The molecule has 2 N–H and O–H groups in total. The molecule has 3 heterocycles. The Morgan fingerprint density at radius 3 is 2.76 bits per heavy atom. The van der Waals surface area contributed by atoms with Crippen molar-refractivity contribution in [3.05, 3.63) is 23.5 Å². The van der Waals surface area contributed by atoms with Crippen LogP contribution in [-0.2, 0) is 0 Å². The van der Waals surface area contributed by atoms with Crippen molar-refractivity contribution in [2.45, 2.75) is 46.2 Å². The van der Waals surface area contributed by atoms with Gasteiger partial charge in [0.05, 0.1) is 17.1 Å². The molecule has 0 aromatic carbocycles. The van der Waals surface area contributed by atoms with Crippen LogP contribution in [0, 0.1) is 12.8 Å². The number of hydrogen-bond donors (Lipinski definition) is 2. The van der Waals surface area contributed by atoms with Gasteiger partial charge in [0.2, 0.25) is 0 Å². The molecule has 1 amide bonds. The van der Waals surface area contributed by atoms with E-state index < -0.39 is 0 Å². The molecule has 1 saturated heterocycles. The average molecular weight is 388 g/mol. The van der Waals surface area contributed by atoms with E-state index in [0.717, 1.165) is 36.2 Å². The molecule has 2 aromatic rings. The molecule has 0 radical (unpaired) electrons. The number of rotatable bonds is 3. The topological polar surface area (TPSA) is 71.8 Å². The van der Waals surface area contributed by atoms with Crippen molar-refractivity contribution in [2.75, 3.05) is 13.1 Å². The molecule has 2 unspecified atom stereocenters. The lowest BCUT2D eigenvalue weighted by atomic mass is 9.94. The molecule has 0 bridgehead atoms. The van der Waals surface area contributed by atoms with Crippen molar-refractivity contribution >= 4 is 41.8 Å². The van der Waals surface area contributed by atoms with Gasteiger partial charge >= 0.3 is 0 Å². The van der Waals surface area contributed by atoms with E-state index in [-0.39, 0.29) is 42.8 Å². The number of amides is 1. The number of halogens is 2. The van der Waals surface area contributed by atoms with Gasteiger partial charge in [-0.1, -0.05) is 6.92 Å². The maximum Gasteiger partial charge on any atom is 0.252 e. The Balaban J connectivity index is 0.00000156. The van der Waals surface area contributed by atoms with Gasteiger partial charge in [-0.25, -0.2) is 9.67 Å². The third-order valence-electron chi connectivity index (χ3n) is 4.57. The Labute approximate surface area is 161 Å². The van der Waals surface area contributed by atoms with Gasteiger partial charge in [-0.2, -0.15) is 5.10 Å². The first-order valence-corrected chi connectivity index (χ1v) is 8.34. The van der Waals surface area contributed by atoms with Gasteiger partial charge in [0.25, 0.3) is 5.91 Å². The zero-order valence-corrected chi connectivity index (χ0v) is 16.7. The number of nitrogens with zero attached hydrogens (tertiary/aromatic N) is 3. The molecule has 0 spiro atoms. The predicted molar refractivity (Wildman–Crippen MR) is 105 cm³/mol.